The third-order valence-corrected chi connectivity index (χ3v) is 14.9. The molecule has 0 radical (unpaired) electrons. The first-order valence-electron chi connectivity index (χ1n) is 22.9. The maximum absolute atomic E-state index is 6.00. The molecular weight excluding hydrogens is 805 g/mol. The lowest BCUT2D eigenvalue weighted by atomic mass is 9.88. The van der Waals surface area contributed by atoms with Gasteiger partial charge in [-0.2, -0.15) is 0 Å². The molecule has 2 atom stereocenters. The molecule has 9 aromatic carbocycles. The molecular formula is C62H48N2S. The third kappa shape index (κ3) is 6.99. The predicted octanol–water partition coefficient (Wildman–Crippen LogP) is 17.6. The van der Waals surface area contributed by atoms with E-state index in [-0.39, 0.29) is 12.0 Å². The van der Waals surface area contributed by atoms with Crippen LogP contribution in [-0.2, 0) is 0 Å². The van der Waals surface area contributed by atoms with Gasteiger partial charge in [0.2, 0.25) is 0 Å². The molecule has 11 aromatic rings. The zero-order valence-corrected chi connectivity index (χ0v) is 37.6. The Bertz CT molecular complexity index is 3720. The Balaban J connectivity index is 1.13. The Hall–Kier alpha value is -7.33. The van der Waals surface area contributed by atoms with Crippen molar-refractivity contribution in [3.63, 3.8) is 0 Å². The van der Waals surface area contributed by atoms with Gasteiger partial charge in [-0.15, -0.1) is 11.3 Å². The SMILES string of the molecule is C=C(C)/C(=N\C(CC(C)c1ccc2ccccc2c1)c1cccc(C2=CC=CCC2)c1)c1cc2sc3ccccc3c2cc1-n1c2cc3ccccc3cc2c2cc3ccccc3cc21. The van der Waals surface area contributed by atoms with Crippen LogP contribution in [0.4, 0.5) is 0 Å². The summed E-state index contributed by atoms with van der Waals surface area (Å²) in [5, 5.41) is 12.5. The van der Waals surface area contributed by atoms with E-state index in [4.69, 9.17) is 11.6 Å². The largest absolute Gasteiger partial charge is 0.308 e. The quantitative estimate of drug-likeness (QED) is 0.129. The molecule has 2 unspecified atom stereocenters. The standard InChI is InChI=1S/C62H48N2S/c1-39(2)62(63-56(50-25-15-24-45(32-50)41-16-5-4-6-17-41)30-40(3)43-29-28-42-18-7-8-19-44(42)31-43)55-38-61-54(51-26-13-14-27-60(51)65-61)37-59(55)64-57-35-48-22-11-9-20-46(48)33-52(57)53-34-47-21-10-12-23-49(47)36-58(53)64/h4-5,7-16,18-29,31-38,40,56H,1,6,17,30H2,2-3H3/b63-62+. The van der Waals surface area contributed by atoms with Crippen LogP contribution in [-0.4, -0.2) is 10.3 Å². The summed E-state index contributed by atoms with van der Waals surface area (Å²) in [6.45, 7) is 9.25. The van der Waals surface area contributed by atoms with Crippen LogP contribution in [0.2, 0.25) is 0 Å². The molecule has 0 fully saturated rings. The molecule has 0 saturated carbocycles. The Morgan fingerprint density at radius 3 is 1.92 bits per heavy atom. The van der Waals surface area contributed by atoms with E-state index in [2.05, 4.69) is 213 Å². The van der Waals surface area contributed by atoms with Crippen molar-refractivity contribution in [2.24, 2.45) is 4.99 Å². The number of thiophene rings is 1. The van der Waals surface area contributed by atoms with Crippen molar-refractivity contribution in [1.29, 1.82) is 0 Å². The highest BCUT2D eigenvalue weighted by Crippen LogP contribution is 2.43. The number of hydrogen-bond acceptors (Lipinski definition) is 2. The topological polar surface area (TPSA) is 17.3 Å². The van der Waals surface area contributed by atoms with Crippen molar-refractivity contribution >= 4 is 96.9 Å². The molecule has 312 valence electrons. The van der Waals surface area contributed by atoms with Gasteiger partial charge in [-0.05, 0) is 141 Å². The lowest BCUT2D eigenvalue weighted by molar-refractivity contribution is 0.577. The Morgan fingerprint density at radius 1 is 0.600 bits per heavy atom. The molecule has 1 aliphatic carbocycles. The second-order valence-electron chi connectivity index (χ2n) is 18.0. The maximum atomic E-state index is 6.00. The molecule has 0 N–H and O–H groups in total. The molecule has 0 spiro atoms. The van der Waals surface area contributed by atoms with E-state index in [1.165, 1.54) is 96.6 Å². The second-order valence-corrected chi connectivity index (χ2v) is 19.1. The molecule has 65 heavy (non-hydrogen) atoms. The van der Waals surface area contributed by atoms with Gasteiger partial charge in [0.15, 0.2) is 0 Å². The third-order valence-electron chi connectivity index (χ3n) is 13.8. The highest BCUT2D eigenvalue weighted by Gasteiger charge is 2.24. The Labute approximate surface area is 383 Å². The normalized spacial score (nSPS) is 14.3. The van der Waals surface area contributed by atoms with Gasteiger partial charge < -0.3 is 4.57 Å². The van der Waals surface area contributed by atoms with Gasteiger partial charge in [0.05, 0.1) is 28.5 Å². The summed E-state index contributed by atoms with van der Waals surface area (Å²) in [6, 6.07) is 65.5. The summed E-state index contributed by atoms with van der Waals surface area (Å²) in [6.07, 6.45) is 9.69. The first kappa shape index (κ1) is 39.3. The highest BCUT2D eigenvalue weighted by molar-refractivity contribution is 7.25. The predicted molar refractivity (Wildman–Crippen MR) is 283 cm³/mol. The van der Waals surface area contributed by atoms with Gasteiger partial charge in [-0.3, -0.25) is 4.99 Å². The van der Waals surface area contributed by atoms with E-state index < -0.39 is 0 Å². The molecule has 3 heteroatoms. The summed E-state index contributed by atoms with van der Waals surface area (Å²) in [7, 11) is 0. The smallest absolute Gasteiger partial charge is 0.0762 e. The van der Waals surface area contributed by atoms with E-state index in [0.717, 1.165) is 41.8 Å². The first-order chi connectivity index (χ1) is 31.9. The number of hydrogen-bond donors (Lipinski definition) is 0. The van der Waals surface area contributed by atoms with Crippen molar-refractivity contribution < 1.29 is 0 Å². The molecule has 2 aromatic heterocycles. The van der Waals surface area contributed by atoms with Crippen molar-refractivity contribution in [3.8, 4) is 5.69 Å². The van der Waals surface area contributed by atoms with Gasteiger partial charge in [0, 0.05) is 36.5 Å². The van der Waals surface area contributed by atoms with Gasteiger partial charge in [0.25, 0.3) is 0 Å². The van der Waals surface area contributed by atoms with Crippen molar-refractivity contribution in [1.82, 2.24) is 4.57 Å². The molecule has 0 bridgehead atoms. The minimum atomic E-state index is -0.139. The van der Waals surface area contributed by atoms with Crippen LogP contribution >= 0.6 is 11.3 Å². The second kappa shape index (κ2) is 16.0. The summed E-state index contributed by atoms with van der Waals surface area (Å²) < 4.78 is 5.06. The minimum Gasteiger partial charge on any atom is -0.308 e. The summed E-state index contributed by atoms with van der Waals surface area (Å²) in [5.74, 6) is 0.239. The van der Waals surface area contributed by atoms with E-state index in [9.17, 15) is 0 Å². The number of fused-ring (bicyclic) bond motifs is 9. The van der Waals surface area contributed by atoms with Gasteiger partial charge in [0.1, 0.15) is 0 Å². The first-order valence-corrected chi connectivity index (χ1v) is 23.8. The monoisotopic (exact) mass is 852 g/mol. The van der Waals surface area contributed by atoms with E-state index in [0.29, 0.717) is 0 Å². The molecule has 1 aliphatic rings. The van der Waals surface area contributed by atoms with E-state index >= 15 is 0 Å². The maximum Gasteiger partial charge on any atom is 0.0762 e. The van der Waals surface area contributed by atoms with Crippen LogP contribution in [0.15, 0.2) is 211 Å². The summed E-state index contributed by atoms with van der Waals surface area (Å²) >= 11 is 1.86. The number of benzene rings is 9. The highest BCUT2D eigenvalue weighted by atomic mass is 32.1. The van der Waals surface area contributed by atoms with Gasteiger partial charge in [-0.1, -0.05) is 159 Å². The molecule has 12 rings (SSSR count). The average molecular weight is 853 g/mol. The number of aromatic nitrogens is 1. The molecule has 2 nitrogen and oxygen atoms in total. The van der Waals surface area contributed by atoms with Gasteiger partial charge >= 0.3 is 0 Å². The Kier molecular flexibility index (Phi) is 9.69. The lowest BCUT2D eigenvalue weighted by Gasteiger charge is -2.23. The Morgan fingerprint density at radius 2 is 1.25 bits per heavy atom. The number of allylic oxidation sites excluding steroid dienone is 5. The molecule has 2 heterocycles. The van der Waals surface area contributed by atoms with Crippen LogP contribution < -0.4 is 0 Å². The zero-order valence-electron chi connectivity index (χ0n) is 36.8. The summed E-state index contributed by atoms with van der Waals surface area (Å²) in [5.41, 5.74) is 11.7. The summed E-state index contributed by atoms with van der Waals surface area (Å²) in [4.78, 5) is 6.00. The van der Waals surface area contributed by atoms with E-state index in [1.54, 1.807) is 0 Å². The fourth-order valence-electron chi connectivity index (χ4n) is 10.4. The zero-order chi connectivity index (χ0) is 43.6. The lowest BCUT2D eigenvalue weighted by Crippen LogP contribution is -2.12. The fourth-order valence-corrected chi connectivity index (χ4v) is 11.5. The van der Waals surface area contributed by atoms with Crippen LogP contribution in [0, 0.1) is 0 Å². The minimum absolute atomic E-state index is 0.139. The number of aliphatic imine (C=N–C) groups is 1. The fraction of sp³-hybridized carbons (Fsp3) is 0.113. The van der Waals surface area contributed by atoms with Crippen molar-refractivity contribution in [2.75, 3.05) is 0 Å². The van der Waals surface area contributed by atoms with Gasteiger partial charge in [-0.25, -0.2) is 0 Å². The number of rotatable bonds is 9. The molecule has 0 amide bonds. The van der Waals surface area contributed by atoms with Crippen LogP contribution in [0.5, 0.6) is 0 Å². The van der Waals surface area contributed by atoms with Crippen LogP contribution in [0.25, 0.3) is 85.6 Å². The number of nitrogens with zero attached hydrogens (tertiary/aromatic N) is 2. The van der Waals surface area contributed by atoms with Crippen molar-refractivity contribution in [3.05, 3.63) is 229 Å². The van der Waals surface area contributed by atoms with Crippen molar-refractivity contribution in [2.45, 2.75) is 45.1 Å². The molecule has 0 aliphatic heterocycles. The van der Waals surface area contributed by atoms with Crippen LogP contribution in [0.3, 0.4) is 0 Å². The van der Waals surface area contributed by atoms with Crippen LogP contribution in [0.1, 0.15) is 67.3 Å². The average Bonchev–Trinajstić information content (AvgIpc) is 3.87. The molecule has 0 saturated heterocycles. The van der Waals surface area contributed by atoms with E-state index in [1.807, 2.05) is 11.3 Å².